The number of Topliss-reactive ketones (excluding diaryl/α,β-unsaturated/α-hetero) is 1. The van der Waals surface area contributed by atoms with Gasteiger partial charge < -0.3 is 14.5 Å². The van der Waals surface area contributed by atoms with E-state index in [0.717, 1.165) is 11.1 Å². The van der Waals surface area contributed by atoms with Gasteiger partial charge in [-0.25, -0.2) is 4.79 Å². The van der Waals surface area contributed by atoms with Gasteiger partial charge in [-0.05, 0) is 23.8 Å². The van der Waals surface area contributed by atoms with Gasteiger partial charge in [-0.3, -0.25) is 4.79 Å². The number of ketones is 1. The van der Waals surface area contributed by atoms with Crippen LogP contribution in [-0.2, 0) is 16.1 Å². The van der Waals surface area contributed by atoms with Crippen LogP contribution < -0.4 is 4.74 Å². The molecule has 0 aliphatic rings. The quantitative estimate of drug-likeness (QED) is 0.447. The second-order valence-electron chi connectivity index (χ2n) is 5.00. The molecular weight excluding hydrogens is 294 g/mol. The molecule has 0 spiro atoms. The van der Waals surface area contributed by atoms with Crippen LogP contribution in [0, 0.1) is 0 Å². The molecule has 0 saturated carbocycles. The first-order chi connectivity index (χ1) is 11.2. The molecule has 3 aromatic rings. The molecule has 0 atom stereocenters. The minimum Gasteiger partial charge on any atom is -0.489 e. The molecule has 0 unspecified atom stereocenters. The number of H-pyrrole nitrogens is 1. The van der Waals surface area contributed by atoms with Crippen molar-refractivity contribution in [1.29, 1.82) is 0 Å². The summed E-state index contributed by atoms with van der Waals surface area (Å²) in [5.41, 5.74) is 2.08. The van der Waals surface area contributed by atoms with Crippen molar-refractivity contribution in [1.82, 2.24) is 4.98 Å². The number of fused-ring (bicyclic) bond motifs is 1. The van der Waals surface area contributed by atoms with Crippen LogP contribution in [0.4, 0.5) is 0 Å². The number of hydrogen-bond acceptors (Lipinski definition) is 4. The van der Waals surface area contributed by atoms with Gasteiger partial charge in [0, 0.05) is 17.1 Å². The third kappa shape index (κ3) is 3.08. The SMILES string of the molecule is COC(=O)C(=O)c1c[nH]c2ccc(OCc3ccccc3)cc12. The number of ether oxygens (including phenoxy) is 2. The van der Waals surface area contributed by atoms with E-state index in [0.29, 0.717) is 17.7 Å². The lowest BCUT2D eigenvalue weighted by molar-refractivity contribution is -0.135. The fourth-order valence-electron chi connectivity index (χ4n) is 2.32. The maximum atomic E-state index is 12.0. The highest BCUT2D eigenvalue weighted by Crippen LogP contribution is 2.25. The average molecular weight is 309 g/mol. The van der Waals surface area contributed by atoms with Gasteiger partial charge in [0.15, 0.2) is 0 Å². The fourth-order valence-corrected chi connectivity index (χ4v) is 2.32. The number of carbonyl (C=O) groups is 2. The molecule has 1 N–H and O–H groups in total. The van der Waals surface area contributed by atoms with Crippen LogP contribution in [0.1, 0.15) is 15.9 Å². The van der Waals surface area contributed by atoms with Crippen LogP contribution in [-0.4, -0.2) is 23.8 Å². The van der Waals surface area contributed by atoms with Crippen molar-refractivity contribution in [3.63, 3.8) is 0 Å². The Morgan fingerprint density at radius 2 is 1.87 bits per heavy atom. The van der Waals surface area contributed by atoms with E-state index >= 15 is 0 Å². The number of esters is 1. The normalized spacial score (nSPS) is 10.5. The molecule has 0 amide bonds. The maximum absolute atomic E-state index is 12.0. The molecule has 5 nitrogen and oxygen atoms in total. The number of methoxy groups -OCH3 is 1. The van der Waals surface area contributed by atoms with Gasteiger partial charge in [0.2, 0.25) is 0 Å². The molecule has 0 aliphatic carbocycles. The molecule has 1 heterocycles. The van der Waals surface area contributed by atoms with E-state index < -0.39 is 11.8 Å². The van der Waals surface area contributed by atoms with Gasteiger partial charge >= 0.3 is 5.97 Å². The number of hydrogen-bond donors (Lipinski definition) is 1. The Morgan fingerprint density at radius 3 is 2.61 bits per heavy atom. The van der Waals surface area contributed by atoms with Crippen LogP contribution in [0.15, 0.2) is 54.7 Å². The lowest BCUT2D eigenvalue weighted by Crippen LogP contribution is -2.15. The molecule has 116 valence electrons. The average Bonchev–Trinajstić information content (AvgIpc) is 3.02. The predicted octanol–water partition coefficient (Wildman–Crippen LogP) is 3.10. The summed E-state index contributed by atoms with van der Waals surface area (Å²) in [7, 11) is 1.18. The van der Waals surface area contributed by atoms with E-state index in [-0.39, 0.29) is 5.56 Å². The third-order valence-electron chi connectivity index (χ3n) is 3.52. The second kappa shape index (κ2) is 6.36. The predicted molar refractivity (Wildman–Crippen MR) is 85.4 cm³/mol. The van der Waals surface area contributed by atoms with Gasteiger partial charge in [-0.2, -0.15) is 0 Å². The van der Waals surface area contributed by atoms with E-state index in [2.05, 4.69) is 9.72 Å². The summed E-state index contributed by atoms with van der Waals surface area (Å²) in [6.45, 7) is 0.428. The van der Waals surface area contributed by atoms with Gasteiger partial charge in [0.05, 0.1) is 12.7 Å². The number of aromatic amines is 1. The van der Waals surface area contributed by atoms with Gasteiger partial charge in [0.1, 0.15) is 12.4 Å². The summed E-state index contributed by atoms with van der Waals surface area (Å²) >= 11 is 0. The van der Waals surface area contributed by atoms with E-state index in [1.807, 2.05) is 42.5 Å². The number of nitrogens with one attached hydrogen (secondary N) is 1. The molecule has 0 aliphatic heterocycles. The summed E-state index contributed by atoms with van der Waals surface area (Å²) in [5, 5.41) is 0.631. The van der Waals surface area contributed by atoms with Crippen LogP contribution >= 0.6 is 0 Å². The van der Waals surface area contributed by atoms with Crippen molar-refractivity contribution >= 4 is 22.7 Å². The summed E-state index contributed by atoms with van der Waals surface area (Å²) in [5.74, 6) is -0.944. The number of benzene rings is 2. The Balaban J connectivity index is 1.86. The number of aromatic nitrogens is 1. The summed E-state index contributed by atoms with van der Waals surface area (Å²) in [6, 6.07) is 15.1. The monoisotopic (exact) mass is 309 g/mol. The molecule has 0 saturated heterocycles. The minimum absolute atomic E-state index is 0.275. The Labute approximate surface area is 132 Å². The van der Waals surface area contributed by atoms with E-state index in [4.69, 9.17) is 4.74 Å². The molecule has 0 bridgehead atoms. The third-order valence-corrected chi connectivity index (χ3v) is 3.52. The highest BCUT2D eigenvalue weighted by atomic mass is 16.5. The van der Waals surface area contributed by atoms with Crippen molar-refractivity contribution in [3.8, 4) is 5.75 Å². The molecule has 23 heavy (non-hydrogen) atoms. The molecule has 1 aromatic heterocycles. The van der Waals surface area contributed by atoms with Crippen molar-refractivity contribution < 1.29 is 19.1 Å². The second-order valence-corrected chi connectivity index (χ2v) is 5.00. The van der Waals surface area contributed by atoms with Crippen molar-refractivity contribution in [2.24, 2.45) is 0 Å². The number of rotatable bonds is 5. The van der Waals surface area contributed by atoms with Gasteiger partial charge in [-0.1, -0.05) is 30.3 Å². The van der Waals surface area contributed by atoms with Crippen LogP contribution in [0.3, 0.4) is 0 Å². The molecular formula is C18H15NO4. The summed E-state index contributed by atoms with van der Waals surface area (Å²) in [4.78, 5) is 26.4. The van der Waals surface area contributed by atoms with Gasteiger partial charge in [0.25, 0.3) is 5.78 Å². The summed E-state index contributed by atoms with van der Waals surface area (Å²) in [6.07, 6.45) is 1.50. The van der Waals surface area contributed by atoms with E-state index in [1.54, 1.807) is 6.07 Å². The fraction of sp³-hybridized carbons (Fsp3) is 0.111. The zero-order chi connectivity index (χ0) is 16.2. The summed E-state index contributed by atoms with van der Waals surface area (Å²) < 4.78 is 10.2. The maximum Gasteiger partial charge on any atom is 0.379 e. The van der Waals surface area contributed by atoms with Gasteiger partial charge in [-0.15, -0.1) is 0 Å². The molecule has 0 radical (unpaired) electrons. The zero-order valence-electron chi connectivity index (χ0n) is 12.5. The Hall–Kier alpha value is -3.08. The molecule has 2 aromatic carbocycles. The molecule has 3 rings (SSSR count). The highest BCUT2D eigenvalue weighted by Gasteiger charge is 2.20. The number of carbonyl (C=O) groups excluding carboxylic acids is 2. The first kappa shape index (κ1) is 14.8. The first-order valence-corrected chi connectivity index (χ1v) is 7.09. The lowest BCUT2D eigenvalue weighted by Gasteiger charge is -2.06. The smallest absolute Gasteiger partial charge is 0.379 e. The van der Waals surface area contributed by atoms with E-state index in [1.165, 1.54) is 13.3 Å². The Kier molecular flexibility index (Phi) is 4.10. The minimum atomic E-state index is -0.887. The van der Waals surface area contributed by atoms with Crippen molar-refractivity contribution in [3.05, 3.63) is 65.9 Å². The van der Waals surface area contributed by atoms with Crippen LogP contribution in [0.5, 0.6) is 5.75 Å². The topological polar surface area (TPSA) is 68.4 Å². The first-order valence-electron chi connectivity index (χ1n) is 7.09. The Morgan fingerprint density at radius 1 is 1.09 bits per heavy atom. The highest BCUT2D eigenvalue weighted by molar-refractivity contribution is 6.42. The zero-order valence-corrected chi connectivity index (χ0v) is 12.5. The van der Waals surface area contributed by atoms with Crippen LogP contribution in [0.2, 0.25) is 0 Å². The largest absolute Gasteiger partial charge is 0.489 e. The van der Waals surface area contributed by atoms with Crippen molar-refractivity contribution in [2.75, 3.05) is 7.11 Å². The van der Waals surface area contributed by atoms with Crippen LogP contribution in [0.25, 0.3) is 10.9 Å². The molecule has 0 fully saturated rings. The Bertz CT molecular complexity index is 852. The van der Waals surface area contributed by atoms with E-state index in [9.17, 15) is 9.59 Å². The molecule has 5 heteroatoms. The standard InChI is InChI=1S/C18H15NO4/c1-22-18(21)17(20)15-10-19-16-8-7-13(9-14(15)16)23-11-12-5-3-2-4-6-12/h2-10,19H,11H2,1H3. The van der Waals surface area contributed by atoms with Crippen molar-refractivity contribution in [2.45, 2.75) is 6.61 Å². The lowest BCUT2D eigenvalue weighted by atomic mass is 10.1.